The third-order valence-corrected chi connectivity index (χ3v) is 3.55. The number of carbonyl (C=O) groups excluding carboxylic acids is 2. The van der Waals surface area contributed by atoms with Gasteiger partial charge in [-0.15, -0.1) is 0 Å². The van der Waals surface area contributed by atoms with Crippen molar-refractivity contribution >= 4 is 29.1 Å². The first-order chi connectivity index (χ1) is 13.1. The fourth-order valence-electron chi connectivity index (χ4n) is 2.00. The second-order valence-corrected chi connectivity index (χ2v) is 5.64. The Kier molecular flexibility index (Phi) is 6.41. The van der Waals surface area contributed by atoms with Crippen molar-refractivity contribution in [2.75, 3.05) is 6.61 Å². The summed E-state index contributed by atoms with van der Waals surface area (Å²) in [5.41, 5.74) is 2.68. The Labute approximate surface area is 160 Å². The van der Waals surface area contributed by atoms with Crippen LogP contribution in [0.1, 0.15) is 20.7 Å². The minimum Gasteiger partial charge on any atom is -0.484 e. The summed E-state index contributed by atoms with van der Waals surface area (Å²) in [4.78, 5) is 34.4. The number of nitrogens with one attached hydrogen (secondary N) is 2. The first-order valence-electron chi connectivity index (χ1n) is 7.41. The molecular formula is C16H11ClF3N3O5. The zero-order valence-electron chi connectivity index (χ0n) is 13.7. The van der Waals surface area contributed by atoms with Crippen molar-refractivity contribution in [3.05, 3.63) is 68.7 Å². The number of rotatable bonds is 5. The summed E-state index contributed by atoms with van der Waals surface area (Å²) in [6.07, 6.45) is -4.63. The van der Waals surface area contributed by atoms with Gasteiger partial charge in [-0.2, -0.15) is 13.2 Å². The van der Waals surface area contributed by atoms with Gasteiger partial charge in [0, 0.05) is 6.07 Å². The topological polar surface area (TPSA) is 111 Å². The number of hydrazine groups is 1. The predicted molar refractivity (Wildman–Crippen MR) is 91.0 cm³/mol. The molecule has 148 valence electrons. The van der Waals surface area contributed by atoms with E-state index < -0.39 is 46.5 Å². The smallest absolute Gasteiger partial charge is 0.422 e. The van der Waals surface area contributed by atoms with Crippen molar-refractivity contribution in [3.8, 4) is 5.75 Å². The second-order valence-electron chi connectivity index (χ2n) is 5.23. The van der Waals surface area contributed by atoms with Crippen molar-refractivity contribution in [2.24, 2.45) is 0 Å². The maximum atomic E-state index is 12.2. The molecular weight excluding hydrogens is 407 g/mol. The van der Waals surface area contributed by atoms with E-state index in [1.54, 1.807) is 6.07 Å². The molecule has 8 nitrogen and oxygen atoms in total. The first-order valence-corrected chi connectivity index (χ1v) is 7.79. The molecule has 0 fully saturated rings. The van der Waals surface area contributed by atoms with Crippen molar-refractivity contribution < 1.29 is 32.4 Å². The minimum atomic E-state index is -4.63. The van der Waals surface area contributed by atoms with Crippen LogP contribution in [0.5, 0.6) is 5.75 Å². The van der Waals surface area contributed by atoms with E-state index in [2.05, 4.69) is 4.74 Å². The number of amides is 2. The van der Waals surface area contributed by atoms with Gasteiger partial charge >= 0.3 is 6.18 Å². The van der Waals surface area contributed by atoms with Gasteiger partial charge in [-0.25, -0.2) is 0 Å². The predicted octanol–water partition coefficient (Wildman–Crippen LogP) is 3.26. The van der Waals surface area contributed by atoms with E-state index in [9.17, 15) is 32.9 Å². The maximum Gasteiger partial charge on any atom is 0.422 e. The quantitative estimate of drug-likeness (QED) is 0.573. The van der Waals surface area contributed by atoms with Crippen molar-refractivity contribution in [2.45, 2.75) is 6.18 Å². The number of nitro groups is 1. The van der Waals surface area contributed by atoms with Crippen molar-refractivity contribution in [3.63, 3.8) is 0 Å². The molecule has 0 radical (unpaired) electrons. The number of nitrogens with zero attached hydrogens (tertiary/aromatic N) is 1. The second kappa shape index (κ2) is 8.57. The molecule has 0 unspecified atom stereocenters. The summed E-state index contributed by atoms with van der Waals surface area (Å²) >= 11 is 5.84. The van der Waals surface area contributed by atoms with Crippen LogP contribution in [0.3, 0.4) is 0 Å². The molecule has 2 amide bonds. The summed E-state index contributed by atoms with van der Waals surface area (Å²) in [5.74, 6) is -2.35. The summed E-state index contributed by atoms with van der Waals surface area (Å²) in [6, 6.07) is 8.41. The third-order valence-electron chi connectivity index (χ3n) is 3.22. The van der Waals surface area contributed by atoms with Crippen LogP contribution < -0.4 is 15.6 Å². The molecule has 0 atom stereocenters. The molecule has 2 aromatic carbocycles. The Hall–Kier alpha value is -3.34. The van der Waals surface area contributed by atoms with Crippen LogP contribution in [0.25, 0.3) is 0 Å². The van der Waals surface area contributed by atoms with Crippen LogP contribution in [-0.2, 0) is 0 Å². The fraction of sp³-hybridized carbons (Fsp3) is 0.125. The summed E-state index contributed by atoms with van der Waals surface area (Å²) in [6.45, 7) is -1.64. The number of alkyl halides is 3. The summed E-state index contributed by atoms with van der Waals surface area (Å²) in [7, 11) is 0. The van der Waals surface area contributed by atoms with E-state index in [0.29, 0.717) is 0 Å². The average molecular weight is 418 g/mol. The number of hydrogen-bond acceptors (Lipinski definition) is 5. The summed E-state index contributed by atoms with van der Waals surface area (Å²) in [5, 5.41) is 11.2. The lowest BCUT2D eigenvalue weighted by atomic mass is 10.1. The Bertz CT molecular complexity index is 921. The molecule has 0 saturated carbocycles. The highest BCUT2D eigenvalue weighted by Gasteiger charge is 2.29. The van der Waals surface area contributed by atoms with Crippen molar-refractivity contribution in [1.82, 2.24) is 10.9 Å². The average Bonchev–Trinajstić information content (AvgIpc) is 2.63. The molecule has 0 bridgehead atoms. The molecule has 0 spiro atoms. The third kappa shape index (κ3) is 5.58. The molecule has 2 aromatic rings. The Morgan fingerprint density at radius 2 is 1.68 bits per heavy atom. The van der Waals surface area contributed by atoms with Gasteiger partial charge in [0.2, 0.25) is 0 Å². The molecule has 2 N–H and O–H groups in total. The molecule has 0 aliphatic heterocycles. The van der Waals surface area contributed by atoms with Gasteiger partial charge in [0.15, 0.2) is 6.61 Å². The molecule has 2 rings (SSSR count). The number of carbonyl (C=O) groups is 2. The van der Waals surface area contributed by atoms with E-state index >= 15 is 0 Å². The zero-order chi connectivity index (χ0) is 20.9. The van der Waals surface area contributed by atoms with E-state index in [-0.39, 0.29) is 10.6 Å². The van der Waals surface area contributed by atoms with Crippen LogP contribution >= 0.6 is 11.6 Å². The van der Waals surface area contributed by atoms with E-state index in [1.807, 2.05) is 10.9 Å². The lowest BCUT2D eigenvalue weighted by molar-refractivity contribution is -0.385. The fourth-order valence-corrected chi connectivity index (χ4v) is 2.23. The van der Waals surface area contributed by atoms with Crippen LogP contribution in [0.2, 0.25) is 5.02 Å². The number of hydrogen-bond donors (Lipinski definition) is 2. The number of halogens is 4. The molecule has 0 saturated heterocycles. The van der Waals surface area contributed by atoms with E-state index in [1.165, 1.54) is 18.2 Å². The SMILES string of the molecule is O=C(NNC(=O)c1cc(OCC(F)(F)F)ccc1[N+](=O)[O-])c1ccccc1Cl. The lowest BCUT2D eigenvalue weighted by Gasteiger charge is -2.11. The van der Waals surface area contributed by atoms with Crippen LogP contribution in [-0.4, -0.2) is 29.5 Å². The standard InChI is InChI=1S/C16H11ClF3N3O5/c17-12-4-2-1-3-10(12)14(24)21-22-15(25)11-7-9(28-8-16(18,19)20)5-6-13(11)23(26)27/h1-7H,8H2,(H,21,24)(H,22,25). The van der Waals surface area contributed by atoms with Gasteiger partial charge in [0.25, 0.3) is 17.5 Å². The van der Waals surface area contributed by atoms with Gasteiger partial charge in [-0.3, -0.25) is 30.6 Å². The highest BCUT2D eigenvalue weighted by molar-refractivity contribution is 6.33. The molecule has 12 heteroatoms. The molecule has 0 aliphatic rings. The largest absolute Gasteiger partial charge is 0.484 e. The molecule has 28 heavy (non-hydrogen) atoms. The monoisotopic (exact) mass is 417 g/mol. The number of nitro benzene ring substituents is 1. The van der Waals surface area contributed by atoms with Gasteiger partial charge in [-0.05, 0) is 24.3 Å². The lowest BCUT2D eigenvalue weighted by Crippen LogP contribution is -2.42. The zero-order valence-corrected chi connectivity index (χ0v) is 14.5. The highest BCUT2D eigenvalue weighted by Crippen LogP contribution is 2.25. The minimum absolute atomic E-state index is 0.0289. The molecule has 0 heterocycles. The summed E-state index contributed by atoms with van der Waals surface area (Å²) < 4.78 is 41.2. The normalized spacial score (nSPS) is 10.9. The van der Waals surface area contributed by atoms with Crippen LogP contribution in [0, 0.1) is 10.1 Å². The number of ether oxygens (including phenoxy) is 1. The Morgan fingerprint density at radius 1 is 1.07 bits per heavy atom. The van der Waals surface area contributed by atoms with Gasteiger partial charge in [0.05, 0.1) is 15.5 Å². The van der Waals surface area contributed by atoms with Crippen LogP contribution in [0.4, 0.5) is 18.9 Å². The van der Waals surface area contributed by atoms with E-state index in [0.717, 1.165) is 18.2 Å². The van der Waals surface area contributed by atoms with E-state index in [4.69, 9.17) is 11.6 Å². The van der Waals surface area contributed by atoms with Gasteiger partial charge in [0.1, 0.15) is 11.3 Å². The molecule has 0 aliphatic carbocycles. The van der Waals surface area contributed by atoms with Gasteiger partial charge in [-0.1, -0.05) is 23.7 Å². The van der Waals surface area contributed by atoms with Gasteiger partial charge < -0.3 is 4.74 Å². The molecule has 0 aromatic heterocycles. The van der Waals surface area contributed by atoms with Crippen molar-refractivity contribution in [1.29, 1.82) is 0 Å². The Balaban J connectivity index is 2.17. The highest BCUT2D eigenvalue weighted by atomic mass is 35.5. The maximum absolute atomic E-state index is 12.2. The Morgan fingerprint density at radius 3 is 2.25 bits per heavy atom. The first kappa shape index (κ1) is 21.0. The number of benzene rings is 2. The van der Waals surface area contributed by atoms with Crippen LogP contribution in [0.15, 0.2) is 42.5 Å².